The molecule has 1 aromatic carbocycles. The Labute approximate surface area is 190 Å². The van der Waals surface area contributed by atoms with E-state index in [0.717, 1.165) is 12.8 Å². The molecular weight excluding hydrogens is 462 g/mol. The Morgan fingerprint density at radius 2 is 2.16 bits per heavy atom. The van der Waals surface area contributed by atoms with Crippen LogP contribution in [-0.4, -0.2) is 49.3 Å². The SMILES string of the molecule is CCOC(=O)Cc1csc(NC(=O)c2ccc(Cl)c(S(=O)(=O)N3CCCC(C)C3)c2)n1. The molecule has 1 N–H and O–H groups in total. The minimum absolute atomic E-state index is 0.0117. The van der Waals surface area contributed by atoms with Crippen LogP contribution in [0.1, 0.15) is 42.7 Å². The van der Waals surface area contributed by atoms with Crippen LogP contribution < -0.4 is 5.32 Å². The number of carbonyl (C=O) groups excluding carboxylic acids is 2. The molecular formula is C20H24ClN3O5S2. The second-order valence-corrected chi connectivity index (χ2v) is 10.5. The van der Waals surface area contributed by atoms with E-state index in [0.29, 0.717) is 23.9 Å². The van der Waals surface area contributed by atoms with E-state index in [-0.39, 0.29) is 34.4 Å². The van der Waals surface area contributed by atoms with Crippen molar-refractivity contribution in [3.63, 3.8) is 0 Å². The lowest BCUT2D eigenvalue weighted by atomic mass is 10.0. The molecule has 3 rings (SSSR count). The Kier molecular flexibility index (Phi) is 7.68. The van der Waals surface area contributed by atoms with Gasteiger partial charge in [0.1, 0.15) is 4.90 Å². The van der Waals surface area contributed by atoms with Crippen molar-refractivity contribution in [2.75, 3.05) is 25.0 Å². The third kappa shape index (κ3) is 5.82. The lowest BCUT2D eigenvalue weighted by molar-refractivity contribution is -0.142. The number of ether oxygens (including phenoxy) is 1. The van der Waals surface area contributed by atoms with Crippen molar-refractivity contribution in [3.8, 4) is 0 Å². The number of nitrogens with one attached hydrogen (secondary N) is 1. The fourth-order valence-corrected chi connectivity index (χ4v) is 6.12. The Bertz CT molecular complexity index is 1070. The summed E-state index contributed by atoms with van der Waals surface area (Å²) in [6.07, 6.45) is 1.78. The summed E-state index contributed by atoms with van der Waals surface area (Å²) in [6.45, 7) is 4.87. The molecule has 1 aliphatic rings. The number of benzene rings is 1. The van der Waals surface area contributed by atoms with Crippen LogP contribution in [0.25, 0.3) is 0 Å². The number of thiazole rings is 1. The average molecular weight is 486 g/mol. The van der Waals surface area contributed by atoms with E-state index in [9.17, 15) is 18.0 Å². The van der Waals surface area contributed by atoms with Crippen molar-refractivity contribution in [1.82, 2.24) is 9.29 Å². The Morgan fingerprint density at radius 1 is 1.39 bits per heavy atom. The highest BCUT2D eigenvalue weighted by Crippen LogP contribution is 2.29. The fourth-order valence-electron chi connectivity index (χ4n) is 3.32. The average Bonchev–Trinajstić information content (AvgIpc) is 3.14. The number of aromatic nitrogens is 1. The number of halogens is 1. The molecule has 1 aromatic heterocycles. The van der Waals surface area contributed by atoms with Crippen LogP contribution in [0.15, 0.2) is 28.5 Å². The van der Waals surface area contributed by atoms with Gasteiger partial charge >= 0.3 is 5.97 Å². The molecule has 0 radical (unpaired) electrons. The first-order valence-corrected chi connectivity index (χ1v) is 12.6. The van der Waals surface area contributed by atoms with Crippen molar-refractivity contribution >= 4 is 50.0 Å². The summed E-state index contributed by atoms with van der Waals surface area (Å²) in [5, 5.41) is 4.66. The standard InChI is InChI=1S/C20H24ClN3O5S2/c1-3-29-18(25)10-15-12-30-20(22-15)23-19(26)14-6-7-16(21)17(9-14)31(27,28)24-8-4-5-13(2)11-24/h6-7,9,12-13H,3-5,8,10-11H2,1-2H3,(H,22,23,26). The van der Waals surface area contributed by atoms with Gasteiger partial charge in [-0.25, -0.2) is 13.4 Å². The van der Waals surface area contributed by atoms with Gasteiger partial charge in [0.15, 0.2) is 5.13 Å². The normalized spacial score (nSPS) is 17.3. The number of anilines is 1. The number of carbonyl (C=O) groups is 2. The largest absolute Gasteiger partial charge is 0.466 e. The minimum Gasteiger partial charge on any atom is -0.466 e. The lowest BCUT2D eigenvalue weighted by Crippen LogP contribution is -2.39. The number of nitrogens with zero attached hydrogens (tertiary/aromatic N) is 2. The van der Waals surface area contributed by atoms with Gasteiger partial charge in [0.2, 0.25) is 10.0 Å². The summed E-state index contributed by atoms with van der Waals surface area (Å²) in [6, 6.07) is 4.16. The molecule has 1 aliphatic heterocycles. The number of esters is 1. The Balaban J connectivity index is 1.76. The van der Waals surface area contributed by atoms with E-state index >= 15 is 0 Å². The maximum absolute atomic E-state index is 13.1. The van der Waals surface area contributed by atoms with E-state index in [1.54, 1.807) is 12.3 Å². The fraction of sp³-hybridized carbons (Fsp3) is 0.450. The topological polar surface area (TPSA) is 106 Å². The molecule has 1 atom stereocenters. The highest BCUT2D eigenvalue weighted by molar-refractivity contribution is 7.89. The molecule has 1 amide bonds. The van der Waals surface area contributed by atoms with Crippen LogP contribution in [0, 0.1) is 5.92 Å². The molecule has 8 nitrogen and oxygen atoms in total. The molecule has 0 aliphatic carbocycles. The summed E-state index contributed by atoms with van der Waals surface area (Å²) >= 11 is 7.35. The summed E-state index contributed by atoms with van der Waals surface area (Å²) in [4.78, 5) is 28.4. The molecule has 1 unspecified atom stereocenters. The molecule has 0 spiro atoms. The highest BCUT2D eigenvalue weighted by Gasteiger charge is 2.31. The Morgan fingerprint density at radius 3 is 2.87 bits per heavy atom. The van der Waals surface area contributed by atoms with Gasteiger partial charge < -0.3 is 4.74 Å². The number of sulfonamides is 1. The van der Waals surface area contributed by atoms with Gasteiger partial charge in [-0.15, -0.1) is 11.3 Å². The Hall–Kier alpha value is -2.01. The monoisotopic (exact) mass is 485 g/mol. The predicted octanol–water partition coefficient (Wildman–Crippen LogP) is 3.58. The van der Waals surface area contributed by atoms with Gasteiger partial charge in [0.05, 0.1) is 23.7 Å². The molecule has 168 valence electrons. The zero-order valence-corrected chi connectivity index (χ0v) is 19.6. The minimum atomic E-state index is -3.81. The second-order valence-electron chi connectivity index (χ2n) is 7.34. The van der Waals surface area contributed by atoms with Gasteiger partial charge in [-0.2, -0.15) is 4.31 Å². The first-order chi connectivity index (χ1) is 14.7. The van der Waals surface area contributed by atoms with Crippen LogP contribution in [0.5, 0.6) is 0 Å². The second kappa shape index (κ2) is 10.1. The van der Waals surface area contributed by atoms with Crippen LogP contribution in [0.3, 0.4) is 0 Å². The van der Waals surface area contributed by atoms with Crippen LogP contribution >= 0.6 is 22.9 Å². The summed E-state index contributed by atoms with van der Waals surface area (Å²) < 4.78 is 32.5. The van der Waals surface area contributed by atoms with E-state index in [1.807, 2.05) is 6.92 Å². The van der Waals surface area contributed by atoms with Crippen LogP contribution in [0.2, 0.25) is 5.02 Å². The van der Waals surface area contributed by atoms with Gasteiger partial charge in [-0.05, 0) is 43.9 Å². The number of hydrogen-bond donors (Lipinski definition) is 1. The predicted molar refractivity (Wildman–Crippen MR) is 119 cm³/mol. The smallest absolute Gasteiger partial charge is 0.311 e. The molecule has 0 bridgehead atoms. The van der Waals surface area contributed by atoms with Crippen LogP contribution in [0.4, 0.5) is 5.13 Å². The molecule has 31 heavy (non-hydrogen) atoms. The van der Waals surface area contributed by atoms with Gasteiger partial charge in [-0.3, -0.25) is 14.9 Å². The lowest BCUT2D eigenvalue weighted by Gasteiger charge is -2.30. The van der Waals surface area contributed by atoms with Gasteiger partial charge in [0.25, 0.3) is 5.91 Å². The first-order valence-electron chi connectivity index (χ1n) is 9.91. The maximum Gasteiger partial charge on any atom is 0.311 e. The number of amides is 1. The zero-order valence-electron chi connectivity index (χ0n) is 17.3. The number of rotatable bonds is 7. The molecule has 2 aromatic rings. The van der Waals surface area contributed by atoms with E-state index < -0.39 is 21.9 Å². The third-order valence-electron chi connectivity index (χ3n) is 4.83. The summed E-state index contributed by atoms with van der Waals surface area (Å²) in [5.74, 6) is -0.648. The van der Waals surface area contributed by atoms with Crippen molar-refractivity contribution in [2.45, 2.75) is 38.0 Å². The van der Waals surface area contributed by atoms with Gasteiger partial charge in [-0.1, -0.05) is 18.5 Å². The van der Waals surface area contributed by atoms with Crippen LogP contribution in [-0.2, 0) is 26.0 Å². The highest BCUT2D eigenvalue weighted by atomic mass is 35.5. The molecule has 1 saturated heterocycles. The summed E-state index contributed by atoms with van der Waals surface area (Å²) in [7, 11) is -3.81. The molecule has 0 saturated carbocycles. The quantitative estimate of drug-likeness (QED) is 0.601. The van der Waals surface area contributed by atoms with Crippen molar-refractivity contribution in [1.29, 1.82) is 0 Å². The van der Waals surface area contributed by atoms with Crippen molar-refractivity contribution < 1.29 is 22.7 Å². The summed E-state index contributed by atoms with van der Waals surface area (Å²) in [5.41, 5.74) is 0.632. The zero-order chi connectivity index (χ0) is 22.6. The molecule has 11 heteroatoms. The first kappa shape index (κ1) is 23.6. The third-order valence-corrected chi connectivity index (χ3v) is 7.99. The maximum atomic E-state index is 13.1. The van der Waals surface area contributed by atoms with E-state index in [1.165, 1.54) is 33.8 Å². The molecule has 2 heterocycles. The number of piperidine rings is 1. The van der Waals surface area contributed by atoms with Gasteiger partial charge in [0, 0.05) is 24.0 Å². The molecule has 1 fully saturated rings. The van der Waals surface area contributed by atoms with E-state index in [4.69, 9.17) is 16.3 Å². The van der Waals surface area contributed by atoms with E-state index in [2.05, 4.69) is 10.3 Å². The van der Waals surface area contributed by atoms with Crippen molar-refractivity contribution in [2.24, 2.45) is 5.92 Å². The van der Waals surface area contributed by atoms with Crippen molar-refractivity contribution in [3.05, 3.63) is 39.9 Å². The number of hydrogen-bond acceptors (Lipinski definition) is 7.